The molecule has 0 saturated carbocycles. The molecule has 170 valence electrons. The molecule has 0 bridgehead atoms. The van der Waals surface area contributed by atoms with Crippen molar-refractivity contribution in [3.05, 3.63) is 76.6 Å². The minimum atomic E-state index is -0.0583. The number of carbonyl (C=O) groups is 1. The van der Waals surface area contributed by atoms with E-state index in [9.17, 15) is 4.79 Å². The fraction of sp³-hybridized carbons (Fsp3) is 0.296. The molecule has 0 fully saturated rings. The Bertz CT molecular complexity index is 1320. The summed E-state index contributed by atoms with van der Waals surface area (Å²) >= 11 is 0. The van der Waals surface area contributed by atoms with Gasteiger partial charge in [0.05, 0.1) is 11.2 Å². The molecule has 6 heteroatoms. The number of hydrogen-bond acceptors (Lipinski definition) is 4. The molecule has 0 saturated heterocycles. The number of amides is 1. The van der Waals surface area contributed by atoms with Gasteiger partial charge in [0.2, 0.25) is 0 Å². The molecule has 4 N–H and O–H groups in total. The molecule has 0 aliphatic heterocycles. The molecule has 1 aliphatic carbocycles. The summed E-state index contributed by atoms with van der Waals surface area (Å²) < 4.78 is 2.41. The fourth-order valence-electron chi connectivity index (χ4n) is 4.79. The predicted molar refractivity (Wildman–Crippen MR) is 135 cm³/mol. The first-order valence-corrected chi connectivity index (χ1v) is 11.6. The Kier molecular flexibility index (Phi) is 6.84. The second kappa shape index (κ2) is 9.96. The normalized spacial score (nSPS) is 12.7. The standard InChI is InChI=1S/C26H26N4O.CH5N/c1-2-30-24-6-4-3-5-21(24)22-14-19(10-12-25(22)30)26(31)28-16-17-7-8-18-9-11-20(15-27)29-23(18)13-17;1-2/h7-15,27H,2-6,16H2,1H3,(H,28,31);2H2,1H3. The van der Waals surface area contributed by atoms with E-state index in [0.717, 1.165) is 35.9 Å². The van der Waals surface area contributed by atoms with Gasteiger partial charge in [-0.3, -0.25) is 4.79 Å². The highest BCUT2D eigenvalue weighted by atomic mass is 16.1. The van der Waals surface area contributed by atoms with Gasteiger partial charge in [-0.25, -0.2) is 4.98 Å². The summed E-state index contributed by atoms with van der Waals surface area (Å²) in [5.74, 6) is -0.0583. The number of hydrogen-bond donors (Lipinski definition) is 3. The van der Waals surface area contributed by atoms with Crippen molar-refractivity contribution in [2.45, 2.75) is 45.7 Å². The molecule has 0 radical (unpaired) electrons. The molecule has 0 spiro atoms. The van der Waals surface area contributed by atoms with Crippen molar-refractivity contribution < 1.29 is 4.79 Å². The van der Waals surface area contributed by atoms with E-state index in [1.807, 2.05) is 36.4 Å². The number of aromatic nitrogens is 2. The highest BCUT2D eigenvalue weighted by molar-refractivity contribution is 5.99. The molecular weight excluding hydrogens is 410 g/mol. The van der Waals surface area contributed by atoms with Crippen molar-refractivity contribution in [3.63, 3.8) is 0 Å². The molecule has 6 nitrogen and oxygen atoms in total. The van der Waals surface area contributed by atoms with Gasteiger partial charge in [-0.2, -0.15) is 0 Å². The molecule has 33 heavy (non-hydrogen) atoms. The Labute approximate surface area is 194 Å². The van der Waals surface area contributed by atoms with Crippen molar-refractivity contribution in [2.75, 3.05) is 7.05 Å². The van der Waals surface area contributed by atoms with Gasteiger partial charge < -0.3 is 21.0 Å². The first kappa shape index (κ1) is 22.7. The third kappa shape index (κ3) is 4.39. The molecule has 2 aromatic carbocycles. The minimum Gasteiger partial charge on any atom is -0.348 e. The lowest BCUT2D eigenvalue weighted by molar-refractivity contribution is 0.0951. The Hall–Kier alpha value is -3.51. The summed E-state index contributed by atoms with van der Waals surface area (Å²) in [5.41, 5.74) is 11.8. The second-order valence-corrected chi connectivity index (χ2v) is 8.20. The fourth-order valence-corrected chi connectivity index (χ4v) is 4.79. The SMILES string of the molecule is CCn1c2c(c3cc(C(=O)NCc4ccc5ccc(C=N)nc5c4)ccc31)CCCC2.CN. The topological polar surface area (TPSA) is 96.8 Å². The predicted octanol–water partition coefficient (Wildman–Crippen LogP) is 4.59. The maximum absolute atomic E-state index is 12.9. The molecule has 0 atom stereocenters. The first-order chi connectivity index (χ1) is 16.2. The van der Waals surface area contributed by atoms with Crippen molar-refractivity contribution in [1.29, 1.82) is 5.41 Å². The van der Waals surface area contributed by atoms with Crippen LogP contribution in [0.4, 0.5) is 0 Å². The third-order valence-electron chi connectivity index (χ3n) is 6.33. The highest BCUT2D eigenvalue weighted by Crippen LogP contribution is 2.32. The van der Waals surface area contributed by atoms with E-state index in [1.54, 1.807) is 0 Å². The van der Waals surface area contributed by atoms with E-state index < -0.39 is 0 Å². The largest absolute Gasteiger partial charge is 0.348 e. The molecule has 2 aromatic heterocycles. The summed E-state index contributed by atoms with van der Waals surface area (Å²) in [6.07, 6.45) is 5.95. The van der Waals surface area contributed by atoms with Crippen molar-refractivity contribution in [2.24, 2.45) is 5.73 Å². The number of fused-ring (bicyclic) bond motifs is 4. The first-order valence-electron chi connectivity index (χ1n) is 11.6. The van der Waals surface area contributed by atoms with Gasteiger partial charge >= 0.3 is 0 Å². The molecule has 1 aliphatic rings. The smallest absolute Gasteiger partial charge is 0.251 e. The zero-order valence-electron chi connectivity index (χ0n) is 19.3. The van der Waals surface area contributed by atoms with E-state index in [2.05, 4.69) is 39.7 Å². The summed E-state index contributed by atoms with van der Waals surface area (Å²) in [7, 11) is 1.50. The monoisotopic (exact) mass is 441 g/mol. The van der Waals surface area contributed by atoms with Gasteiger partial charge in [0.25, 0.3) is 5.91 Å². The molecule has 2 heterocycles. The van der Waals surface area contributed by atoms with E-state index in [0.29, 0.717) is 17.8 Å². The zero-order valence-corrected chi connectivity index (χ0v) is 19.3. The van der Waals surface area contributed by atoms with Crippen LogP contribution in [-0.2, 0) is 25.9 Å². The maximum atomic E-state index is 12.9. The van der Waals surface area contributed by atoms with E-state index in [1.165, 1.54) is 48.3 Å². The summed E-state index contributed by atoms with van der Waals surface area (Å²) in [6, 6.07) is 15.9. The number of rotatable bonds is 5. The Morgan fingerprint density at radius 3 is 2.70 bits per heavy atom. The van der Waals surface area contributed by atoms with Gasteiger partial charge in [-0.15, -0.1) is 0 Å². The van der Waals surface area contributed by atoms with Crippen molar-refractivity contribution >= 4 is 33.9 Å². The van der Waals surface area contributed by atoms with Crippen LogP contribution in [-0.4, -0.2) is 28.7 Å². The zero-order chi connectivity index (χ0) is 23.4. The molecule has 1 amide bonds. The van der Waals surface area contributed by atoms with Crippen molar-refractivity contribution in [3.8, 4) is 0 Å². The molecule has 4 aromatic rings. The lowest BCUT2D eigenvalue weighted by Gasteiger charge is -2.14. The lowest BCUT2D eigenvalue weighted by Crippen LogP contribution is -2.22. The van der Waals surface area contributed by atoms with E-state index in [4.69, 9.17) is 5.41 Å². The van der Waals surface area contributed by atoms with Crippen LogP contribution in [0.1, 0.15) is 52.6 Å². The number of nitrogens with two attached hydrogens (primary N) is 1. The van der Waals surface area contributed by atoms with E-state index >= 15 is 0 Å². The third-order valence-corrected chi connectivity index (χ3v) is 6.33. The Balaban J connectivity index is 0.00000126. The number of pyridine rings is 1. The van der Waals surface area contributed by atoms with Crippen LogP contribution in [0, 0.1) is 5.41 Å². The summed E-state index contributed by atoms with van der Waals surface area (Å²) in [6.45, 7) is 3.60. The van der Waals surface area contributed by atoms with Gasteiger partial charge in [-0.1, -0.05) is 18.2 Å². The second-order valence-electron chi connectivity index (χ2n) is 8.20. The lowest BCUT2D eigenvalue weighted by atomic mass is 9.95. The number of nitrogens with one attached hydrogen (secondary N) is 2. The van der Waals surface area contributed by atoms with Crippen LogP contribution in [0.25, 0.3) is 21.8 Å². The van der Waals surface area contributed by atoms with Crippen LogP contribution in [0.5, 0.6) is 0 Å². The quantitative estimate of drug-likeness (QED) is 0.395. The van der Waals surface area contributed by atoms with E-state index in [-0.39, 0.29) is 5.91 Å². The number of carbonyl (C=O) groups excluding carboxylic acids is 1. The van der Waals surface area contributed by atoms with Crippen LogP contribution in [0.3, 0.4) is 0 Å². The Morgan fingerprint density at radius 1 is 1.12 bits per heavy atom. The average molecular weight is 442 g/mol. The average Bonchev–Trinajstić information content (AvgIpc) is 3.20. The summed E-state index contributed by atoms with van der Waals surface area (Å²) in [4.78, 5) is 17.4. The number of nitrogens with zero attached hydrogens (tertiary/aromatic N) is 2. The minimum absolute atomic E-state index is 0.0583. The maximum Gasteiger partial charge on any atom is 0.251 e. The summed E-state index contributed by atoms with van der Waals surface area (Å²) in [5, 5.41) is 12.7. The molecular formula is C27H31N5O. The van der Waals surface area contributed by atoms with Gasteiger partial charge in [0.15, 0.2) is 0 Å². The van der Waals surface area contributed by atoms with Crippen LogP contribution < -0.4 is 11.1 Å². The number of benzene rings is 2. The van der Waals surface area contributed by atoms with Crippen molar-refractivity contribution in [1.82, 2.24) is 14.9 Å². The van der Waals surface area contributed by atoms with Gasteiger partial charge in [0.1, 0.15) is 0 Å². The van der Waals surface area contributed by atoms with Crippen LogP contribution in [0.15, 0.2) is 48.5 Å². The molecule has 0 unspecified atom stereocenters. The van der Waals surface area contributed by atoms with Gasteiger partial charge in [0, 0.05) is 46.9 Å². The molecule has 5 rings (SSSR count). The highest BCUT2D eigenvalue weighted by Gasteiger charge is 2.20. The van der Waals surface area contributed by atoms with Gasteiger partial charge in [-0.05, 0) is 81.1 Å². The van der Waals surface area contributed by atoms with Crippen LogP contribution in [0.2, 0.25) is 0 Å². The van der Waals surface area contributed by atoms with Crippen LogP contribution >= 0.6 is 0 Å². The number of aryl methyl sites for hydroxylation is 2. The Morgan fingerprint density at radius 2 is 1.91 bits per heavy atom.